The van der Waals surface area contributed by atoms with Crippen LogP contribution in [0.1, 0.15) is 11.4 Å². The number of aromatic nitrogens is 2. The SMILES string of the molecule is Clc1cc(CNCc2ncc[nH]2)cc2c1OCCO2. The molecule has 1 aromatic carbocycles. The minimum atomic E-state index is 0.544. The fourth-order valence-electron chi connectivity index (χ4n) is 1.99. The number of halogens is 1. The summed E-state index contributed by atoms with van der Waals surface area (Å²) >= 11 is 6.17. The van der Waals surface area contributed by atoms with Crippen molar-refractivity contribution >= 4 is 11.6 Å². The average Bonchev–Trinajstić information content (AvgIpc) is 2.92. The molecule has 0 bridgehead atoms. The maximum Gasteiger partial charge on any atom is 0.179 e. The van der Waals surface area contributed by atoms with Crippen LogP contribution in [0.25, 0.3) is 0 Å². The van der Waals surface area contributed by atoms with E-state index in [1.54, 1.807) is 12.4 Å². The van der Waals surface area contributed by atoms with Gasteiger partial charge in [-0.2, -0.15) is 0 Å². The van der Waals surface area contributed by atoms with Gasteiger partial charge in [-0.05, 0) is 17.7 Å². The lowest BCUT2D eigenvalue weighted by molar-refractivity contribution is 0.171. The molecule has 0 fully saturated rings. The van der Waals surface area contributed by atoms with Gasteiger partial charge in [0.05, 0.1) is 11.6 Å². The van der Waals surface area contributed by atoms with Crippen LogP contribution in [0.3, 0.4) is 0 Å². The van der Waals surface area contributed by atoms with Crippen molar-refractivity contribution in [1.82, 2.24) is 15.3 Å². The van der Waals surface area contributed by atoms with E-state index in [9.17, 15) is 0 Å². The number of nitrogens with one attached hydrogen (secondary N) is 2. The molecule has 6 heteroatoms. The van der Waals surface area contributed by atoms with Gasteiger partial charge in [-0.25, -0.2) is 4.98 Å². The quantitative estimate of drug-likeness (QED) is 0.900. The number of nitrogens with zero attached hydrogens (tertiary/aromatic N) is 1. The molecule has 2 N–H and O–H groups in total. The van der Waals surface area contributed by atoms with Crippen LogP contribution in [0.15, 0.2) is 24.5 Å². The molecule has 0 saturated carbocycles. The van der Waals surface area contributed by atoms with Crippen LogP contribution in [-0.2, 0) is 13.1 Å². The van der Waals surface area contributed by atoms with Gasteiger partial charge >= 0.3 is 0 Å². The van der Waals surface area contributed by atoms with Gasteiger partial charge < -0.3 is 19.8 Å². The van der Waals surface area contributed by atoms with Crippen LogP contribution < -0.4 is 14.8 Å². The van der Waals surface area contributed by atoms with E-state index >= 15 is 0 Å². The highest BCUT2D eigenvalue weighted by Crippen LogP contribution is 2.38. The summed E-state index contributed by atoms with van der Waals surface area (Å²) in [6.45, 7) is 2.48. The smallest absolute Gasteiger partial charge is 0.179 e. The zero-order valence-electron chi connectivity index (χ0n) is 10.3. The van der Waals surface area contributed by atoms with Gasteiger partial charge in [-0.15, -0.1) is 0 Å². The van der Waals surface area contributed by atoms with Crippen molar-refractivity contribution in [1.29, 1.82) is 0 Å². The van der Waals surface area contributed by atoms with Crippen molar-refractivity contribution in [2.75, 3.05) is 13.2 Å². The van der Waals surface area contributed by atoms with Crippen molar-refractivity contribution in [3.8, 4) is 11.5 Å². The predicted octanol–water partition coefficient (Wildman–Crippen LogP) is 2.12. The molecule has 2 heterocycles. The molecule has 0 aliphatic carbocycles. The Morgan fingerprint density at radius 1 is 1.26 bits per heavy atom. The van der Waals surface area contributed by atoms with E-state index < -0.39 is 0 Å². The summed E-state index contributed by atoms with van der Waals surface area (Å²) in [4.78, 5) is 7.19. The van der Waals surface area contributed by atoms with E-state index in [1.165, 1.54) is 0 Å². The van der Waals surface area contributed by atoms with Crippen LogP contribution in [0.2, 0.25) is 5.02 Å². The highest BCUT2D eigenvalue weighted by molar-refractivity contribution is 6.32. The second-order valence-corrected chi connectivity index (χ2v) is 4.65. The topological polar surface area (TPSA) is 59.2 Å². The molecule has 0 unspecified atom stereocenters. The molecule has 1 aliphatic rings. The Morgan fingerprint density at radius 2 is 2.16 bits per heavy atom. The third kappa shape index (κ3) is 2.83. The molecule has 5 nitrogen and oxygen atoms in total. The number of rotatable bonds is 4. The minimum Gasteiger partial charge on any atom is -0.486 e. The highest BCUT2D eigenvalue weighted by atomic mass is 35.5. The van der Waals surface area contributed by atoms with Crippen molar-refractivity contribution in [2.45, 2.75) is 13.1 Å². The summed E-state index contributed by atoms with van der Waals surface area (Å²) in [5, 5.41) is 3.88. The molecule has 1 aromatic heterocycles. The molecule has 0 amide bonds. The number of imidazole rings is 1. The summed E-state index contributed by atoms with van der Waals surface area (Å²) in [5.74, 6) is 2.26. The molecule has 3 rings (SSSR count). The molecular formula is C13H14ClN3O2. The van der Waals surface area contributed by atoms with E-state index in [1.807, 2.05) is 12.1 Å². The van der Waals surface area contributed by atoms with Crippen molar-refractivity contribution in [3.05, 3.63) is 40.9 Å². The van der Waals surface area contributed by atoms with Crippen molar-refractivity contribution < 1.29 is 9.47 Å². The largest absolute Gasteiger partial charge is 0.486 e. The minimum absolute atomic E-state index is 0.544. The van der Waals surface area contributed by atoms with Gasteiger partial charge in [-0.1, -0.05) is 11.6 Å². The monoisotopic (exact) mass is 279 g/mol. The molecule has 100 valence electrons. The van der Waals surface area contributed by atoms with Gasteiger partial charge in [0.1, 0.15) is 19.0 Å². The van der Waals surface area contributed by atoms with Crippen molar-refractivity contribution in [3.63, 3.8) is 0 Å². The first-order valence-corrected chi connectivity index (χ1v) is 6.48. The molecule has 19 heavy (non-hydrogen) atoms. The number of hydrogen-bond acceptors (Lipinski definition) is 4. The third-order valence-electron chi connectivity index (χ3n) is 2.83. The van der Waals surface area contributed by atoms with E-state index in [0.717, 1.165) is 11.4 Å². The summed E-state index contributed by atoms with van der Waals surface area (Å²) in [5.41, 5.74) is 1.06. The molecule has 0 radical (unpaired) electrons. The lowest BCUT2D eigenvalue weighted by Gasteiger charge is -2.20. The van der Waals surface area contributed by atoms with Gasteiger partial charge in [0, 0.05) is 18.9 Å². The summed E-state index contributed by atoms with van der Waals surface area (Å²) in [7, 11) is 0. The number of aromatic amines is 1. The van der Waals surface area contributed by atoms with Gasteiger partial charge in [0.15, 0.2) is 11.5 Å². The van der Waals surface area contributed by atoms with E-state index in [4.69, 9.17) is 21.1 Å². The highest BCUT2D eigenvalue weighted by Gasteiger charge is 2.16. The molecule has 0 atom stereocenters. The second-order valence-electron chi connectivity index (χ2n) is 4.24. The van der Waals surface area contributed by atoms with E-state index in [2.05, 4.69) is 15.3 Å². The van der Waals surface area contributed by atoms with Gasteiger partial charge in [0.25, 0.3) is 0 Å². The molecule has 0 spiro atoms. The Bertz CT molecular complexity index is 557. The number of hydrogen-bond donors (Lipinski definition) is 2. The fraction of sp³-hybridized carbons (Fsp3) is 0.308. The zero-order chi connectivity index (χ0) is 13.1. The standard InChI is InChI=1S/C13H14ClN3O2/c14-10-5-9(6-11-13(10)19-4-3-18-11)7-15-8-12-16-1-2-17-12/h1-2,5-6,15H,3-4,7-8H2,(H,16,17). The number of H-pyrrole nitrogens is 1. The van der Waals surface area contributed by atoms with E-state index in [-0.39, 0.29) is 0 Å². The Hall–Kier alpha value is -1.72. The van der Waals surface area contributed by atoms with Crippen molar-refractivity contribution in [2.24, 2.45) is 0 Å². The van der Waals surface area contributed by atoms with Crippen LogP contribution >= 0.6 is 11.6 Å². The average molecular weight is 280 g/mol. The Balaban J connectivity index is 1.66. The Morgan fingerprint density at radius 3 is 3.00 bits per heavy atom. The number of fused-ring (bicyclic) bond motifs is 1. The number of benzene rings is 1. The Kier molecular flexibility index (Phi) is 3.57. The first-order valence-electron chi connectivity index (χ1n) is 6.10. The maximum absolute atomic E-state index is 6.17. The van der Waals surface area contributed by atoms with E-state index in [0.29, 0.717) is 42.8 Å². The Labute approximate surface area is 115 Å². The first-order chi connectivity index (χ1) is 9.33. The third-order valence-corrected chi connectivity index (χ3v) is 3.11. The zero-order valence-corrected chi connectivity index (χ0v) is 11.0. The first kappa shape index (κ1) is 12.3. The fourth-order valence-corrected chi connectivity index (χ4v) is 2.27. The number of ether oxygens (including phenoxy) is 2. The molecule has 0 saturated heterocycles. The normalized spacial score (nSPS) is 13.5. The molecular weight excluding hydrogens is 266 g/mol. The summed E-state index contributed by atoms with van der Waals surface area (Å²) in [6.07, 6.45) is 3.54. The molecule has 1 aliphatic heterocycles. The lowest BCUT2D eigenvalue weighted by Crippen LogP contribution is -2.17. The maximum atomic E-state index is 6.17. The lowest BCUT2D eigenvalue weighted by atomic mass is 10.2. The summed E-state index contributed by atoms with van der Waals surface area (Å²) < 4.78 is 11.0. The molecule has 2 aromatic rings. The van der Waals surface area contributed by atoms with Gasteiger partial charge in [-0.3, -0.25) is 0 Å². The van der Waals surface area contributed by atoms with Crippen LogP contribution in [0.4, 0.5) is 0 Å². The van der Waals surface area contributed by atoms with Crippen LogP contribution in [-0.4, -0.2) is 23.2 Å². The van der Waals surface area contributed by atoms with Crippen LogP contribution in [0, 0.1) is 0 Å². The summed E-state index contributed by atoms with van der Waals surface area (Å²) in [6, 6.07) is 3.85. The van der Waals surface area contributed by atoms with Crippen LogP contribution in [0.5, 0.6) is 11.5 Å². The van der Waals surface area contributed by atoms with Gasteiger partial charge in [0.2, 0.25) is 0 Å². The second kappa shape index (κ2) is 5.50. The predicted molar refractivity (Wildman–Crippen MR) is 71.6 cm³/mol.